The van der Waals surface area contributed by atoms with Crippen LogP contribution in [0.3, 0.4) is 0 Å². The first-order valence-corrected chi connectivity index (χ1v) is 8.87. The van der Waals surface area contributed by atoms with Gasteiger partial charge in [-0.3, -0.25) is 4.79 Å². The van der Waals surface area contributed by atoms with Crippen molar-refractivity contribution in [3.63, 3.8) is 0 Å². The van der Waals surface area contributed by atoms with Crippen LogP contribution >= 0.6 is 0 Å². The van der Waals surface area contributed by atoms with Crippen LogP contribution in [0.4, 0.5) is 0 Å². The summed E-state index contributed by atoms with van der Waals surface area (Å²) < 4.78 is 0. The minimum atomic E-state index is -1.11. The van der Waals surface area contributed by atoms with Gasteiger partial charge >= 0.3 is 5.97 Å². The highest BCUT2D eigenvalue weighted by atomic mass is 16.4. The molecule has 5 nitrogen and oxygen atoms in total. The normalized spacial score (nSPS) is 31.8. The summed E-state index contributed by atoms with van der Waals surface area (Å²) in [6.07, 6.45) is 6.18. The van der Waals surface area contributed by atoms with Crippen LogP contribution < -0.4 is 0 Å². The van der Waals surface area contributed by atoms with Crippen molar-refractivity contribution < 1.29 is 19.8 Å². The summed E-state index contributed by atoms with van der Waals surface area (Å²) in [7, 11) is 0. The predicted octanol–water partition coefficient (Wildman–Crippen LogP) is 2.53. The number of rotatable bonds is 3. The lowest BCUT2D eigenvalue weighted by atomic mass is 9.67. The summed E-state index contributed by atoms with van der Waals surface area (Å²) in [4.78, 5) is 26.4. The molecule has 0 aromatic heterocycles. The van der Waals surface area contributed by atoms with Crippen LogP contribution in [-0.4, -0.2) is 45.1 Å². The van der Waals surface area contributed by atoms with E-state index in [2.05, 4.69) is 13.8 Å². The smallest absolute Gasteiger partial charge is 0.326 e. The number of carbonyl (C=O) groups excluding carboxylic acids is 1. The van der Waals surface area contributed by atoms with Crippen LogP contribution in [0.5, 0.6) is 0 Å². The van der Waals surface area contributed by atoms with Crippen molar-refractivity contribution in [1.82, 2.24) is 4.90 Å². The van der Waals surface area contributed by atoms with E-state index >= 15 is 0 Å². The van der Waals surface area contributed by atoms with Crippen LogP contribution in [-0.2, 0) is 9.59 Å². The highest BCUT2D eigenvalue weighted by Crippen LogP contribution is 2.53. The monoisotopic (exact) mass is 345 g/mol. The fourth-order valence-corrected chi connectivity index (χ4v) is 4.54. The molecule has 3 atom stereocenters. The average Bonchev–Trinajstić information content (AvgIpc) is 2.81. The van der Waals surface area contributed by atoms with E-state index in [4.69, 9.17) is 0 Å². The number of aliphatic hydroxyl groups is 1. The first-order valence-electron chi connectivity index (χ1n) is 8.87. The molecule has 0 radical (unpaired) electrons. The highest BCUT2D eigenvalue weighted by Gasteiger charge is 2.53. The second-order valence-corrected chi connectivity index (χ2v) is 8.71. The van der Waals surface area contributed by atoms with Gasteiger partial charge in [0.1, 0.15) is 6.04 Å². The van der Waals surface area contributed by atoms with Gasteiger partial charge in [-0.25, -0.2) is 4.79 Å². The summed E-state index contributed by atoms with van der Waals surface area (Å²) in [5.41, 5.74) is 0.499. The lowest BCUT2D eigenvalue weighted by molar-refractivity contribution is -0.143. The summed E-state index contributed by atoms with van der Waals surface area (Å²) in [6, 6.07) is -0.699. The zero-order valence-electron chi connectivity index (χ0n) is 15.5. The molecule has 136 valence electrons. The van der Waals surface area contributed by atoms with Crippen LogP contribution in [0.25, 0.3) is 0 Å². The molecule has 1 saturated carbocycles. The van der Waals surface area contributed by atoms with Crippen LogP contribution in [0.15, 0.2) is 35.1 Å². The lowest BCUT2D eigenvalue weighted by Gasteiger charge is -2.43. The van der Waals surface area contributed by atoms with E-state index in [1.807, 2.05) is 26.0 Å². The quantitative estimate of drug-likeness (QED) is 0.822. The second kappa shape index (κ2) is 5.56. The molecule has 3 rings (SSSR count). The number of allylic oxidation sites excluding steroid dienone is 1. The Labute approximate surface area is 148 Å². The van der Waals surface area contributed by atoms with Gasteiger partial charge < -0.3 is 15.1 Å². The van der Waals surface area contributed by atoms with Crippen LogP contribution in [0.1, 0.15) is 41.0 Å². The van der Waals surface area contributed by atoms with E-state index in [-0.39, 0.29) is 23.0 Å². The van der Waals surface area contributed by atoms with E-state index in [1.54, 1.807) is 18.0 Å². The Morgan fingerprint density at radius 2 is 1.96 bits per heavy atom. The van der Waals surface area contributed by atoms with Crippen molar-refractivity contribution in [2.24, 2.45) is 17.3 Å². The lowest BCUT2D eigenvalue weighted by Crippen LogP contribution is -2.49. The molecule has 0 bridgehead atoms. The van der Waals surface area contributed by atoms with Crippen molar-refractivity contribution in [2.45, 2.75) is 52.7 Å². The molecule has 25 heavy (non-hydrogen) atoms. The number of carboxylic acid groups (broad SMARTS) is 1. The number of aliphatic carboxylic acids is 1. The van der Waals surface area contributed by atoms with Crippen molar-refractivity contribution in [3.8, 4) is 0 Å². The number of hydrogen-bond donors (Lipinski definition) is 2. The Bertz CT molecular complexity index is 724. The second-order valence-electron chi connectivity index (χ2n) is 8.71. The standard InChI is InChI=1S/C20H27NO4/c1-11(2)16(18(23)24)21-7-6-14-13(10-21)17(22)12-8-19(3,4)9-15(12)20(14,5)25/h6,8,10-11,15-16,25H,7,9H2,1-5H3,(H,23,24). The maximum absolute atomic E-state index is 13.1. The minimum Gasteiger partial charge on any atom is -0.480 e. The molecular weight excluding hydrogens is 318 g/mol. The van der Waals surface area contributed by atoms with Gasteiger partial charge in [0, 0.05) is 29.8 Å². The molecule has 3 aliphatic rings. The van der Waals surface area contributed by atoms with Gasteiger partial charge in [-0.1, -0.05) is 39.8 Å². The molecule has 5 heteroatoms. The molecule has 2 aliphatic carbocycles. The van der Waals surface area contributed by atoms with E-state index in [1.165, 1.54) is 0 Å². The highest BCUT2D eigenvalue weighted by molar-refractivity contribution is 6.14. The topological polar surface area (TPSA) is 77.8 Å². The number of hydrogen-bond acceptors (Lipinski definition) is 4. The van der Waals surface area contributed by atoms with Gasteiger partial charge in [-0.2, -0.15) is 0 Å². The van der Waals surface area contributed by atoms with Gasteiger partial charge in [-0.05, 0) is 30.3 Å². The Morgan fingerprint density at radius 1 is 1.32 bits per heavy atom. The van der Waals surface area contributed by atoms with E-state index in [9.17, 15) is 19.8 Å². The van der Waals surface area contributed by atoms with Gasteiger partial charge in [0.2, 0.25) is 0 Å². The summed E-state index contributed by atoms with van der Waals surface area (Å²) in [5, 5.41) is 20.7. The Hall–Kier alpha value is -1.88. The SMILES string of the molecule is CC(C)C(C(=O)O)N1C=C2C(=O)C3=CC(C)(C)CC3C(C)(O)C2=CC1. The summed E-state index contributed by atoms with van der Waals surface area (Å²) in [5.74, 6) is -1.28. The molecule has 2 N–H and O–H groups in total. The Balaban J connectivity index is 2.05. The molecule has 1 fully saturated rings. The molecule has 0 spiro atoms. The molecule has 1 heterocycles. The fourth-order valence-electron chi connectivity index (χ4n) is 4.54. The van der Waals surface area contributed by atoms with Gasteiger partial charge in [-0.15, -0.1) is 0 Å². The molecule has 1 aliphatic heterocycles. The van der Waals surface area contributed by atoms with Crippen molar-refractivity contribution in [3.05, 3.63) is 35.1 Å². The zero-order chi connectivity index (χ0) is 18.7. The van der Waals surface area contributed by atoms with Gasteiger partial charge in [0.15, 0.2) is 5.78 Å². The predicted molar refractivity (Wildman–Crippen MR) is 94.7 cm³/mol. The average molecular weight is 345 g/mol. The van der Waals surface area contributed by atoms with Gasteiger partial charge in [0.05, 0.1) is 5.60 Å². The van der Waals surface area contributed by atoms with Gasteiger partial charge in [0.25, 0.3) is 0 Å². The molecule has 0 amide bonds. The third-order valence-electron chi connectivity index (χ3n) is 5.72. The van der Waals surface area contributed by atoms with E-state index in [0.29, 0.717) is 23.3 Å². The Morgan fingerprint density at radius 3 is 2.52 bits per heavy atom. The first-order chi connectivity index (χ1) is 11.5. The van der Waals surface area contributed by atoms with Crippen molar-refractivity contribution in [1.29, 1.82) is 0 Å². The number of ketones is 1. The third kappa shape index (κ3) is 2.74. The third-order valence-corrected chi connectivity index (χ3v) is 5.72. The van der Waals surface area contributed by atoms with Crippen LogP contribution in [0, 0.1) is 17.3 Å². The summed E-state index contributed by atoms with van der Waals surface area (Å²) in [6.45, 7) is 10.00. The first kappa shape index (κ1) is 17.9. The Kier molecular flexibility index (Phi) is 3.99. The largest absolute Gasteiger partial charge is 0.480 e. The minimum absolute atomic E-state index is 0.0778. The number of carboxylic acids is 1. The number of fused-ring (bicyclic) bond motifs is 2. The van der Waals surface area contributed by atoms with Crippen molar-refractivity contribution >= 4 is 11.8 Å². The van der Waals surface area contributed by atoms with E-state index < -0.39 is 17.6 Å². The zero-order valence-corrected chi connectivity index (χ0v) is 15.5. The molecule has 3 unspecified atom stereocenters. The molecule has 0 aromatic carbocycles. The maximum Gasteiger partial charge on any atom is 0.326 e. The summed E-state index contributed by atoms with van der Waals surface area (Å²) >= 11 is 0. The number of carbonyl (C=O) groups is 2. The molecular formula is C20H27NO4. The molecule has 0 saturated heterocycles. The number of nitrogens with zero attached hydrogens (tertiary/aromatic N) is 1. The number of Topliss-reactive ketones (excluding diaryl/α,β-unsaturated/α-hetero) is 1. The molecule has 0 aromatic rings. The maximum atomic E-state index is 13.1. The van der Waals surface area contributed by atoms with E-state index in [0.717, 1.165) is 6.42 Å². The van der Waals surface area contributed by atoms with Crippen LogP contribution in [0.2, 0.25) is 0 Å². The van der Waals surface area contributed by atoms with Crippen molar-refractivity contribution in [2.75, 3.05) is 6.54 Å². The fraction of sp³-hybridized carbons (Fsp3) is 0.600.